The smallest absolute Gasteiger partial charge is 0.161 e. The van der Waals surface area contributed by atoms with E-state index in [-0.39, 0.29) is 24.3 Å². The summed E-state index contributed by atoms with van der Waals surface area (Å²) in [5, 5.41) is 11.2. The van der Waals surface area contributed by atoms with Crippen molar-refractivity contribution in [2.24, 2.45) is 0 Å². The Morgan fingerprint density at radius 3 is 2.63 bits per heavy atom. The first-order chi connectivity index (χ1) is 13.9. The van der Waals surface area contributed by atoms with Crippen molar-refractivity contribution in [2.75, 3.05) is 31.1 Å². The second-order valence-electron chi connectivity index (χ2n) is 8.10. The Labute approximate surface area is 194 Å². The topological polar surface area (TPSA) is 43.8 Å². The van der Waals surface area contributed by atoms with Gasteiger partial charge in [0.1, 0.15) is 5.54 Å². The molecule has 2 aromatic rings. The van der Waals surface area contributed by atoms with Crippen LogP contribution >= 0.6 is 35.6 Å². The third-order valence-electron chi connectivity index (χ3n) is 6.26. The van der Waals surface area contributed by atoms with Crippen LogP contribution in [0.15, 0.2) is 42.5 Å². The molecule has 0 aromatic heterocycles. The van der Waals surface area contributed by atoms with E-state index in [0.717, 1.165) is 37.1 Å². The lowest BCUT2D eigenvalue weighted by Gasteiger charge is -2.50. The predicted molar refractivity (Wildman–Crippen MR) is 125 cm³/mol. The van der Waals surface area contributed by atoms with Crippen molar-refractivity contribution >= 4 is 47.1 Å². The molecule has 7 heteroatoms. The summed E-state index contributed by atoms with van der Waals surface area (Å²) in [5.41, 5.74) is 2.31. The first-order valence-corrected chi connectivity index (χ1v) is 10.9. The molecular weight excluding hydrogens is 443 g/mol. The number of anilines is 1. The van der Waals surface area contributed by atoms with E-state index in [1.807, 2.05) is 24.3 Å². The van der Waals surface area contributed by atoms with Gasteiger partial charge in [-0.1, -0.05) is 47.5 Å². The van der Waals surface area contributed by atoms with Crippen LogP contribution in [0.3, 0.4) is 0 Å². The summed E-state index contributed by atoms with van der Waals surface area (Å²) in [6.07, 6.45) is 2.26. The number of aliphatic hydroxyl groups is 1. The fraction of sp³-hybridized carbons (Fsp3) is 0.435. The number of carbonyl (C=O) groups excluding carboxylic acids is 1. The molecule has 2 aliphatic heterocycles. The van der Waals surface area contributed by atoms with Gasteiger partial charge in [-0.3, -0.25) is 9.69 Å². The number of halogens is 3. The lowest BCUT2D eigenvalue weighted by molar-refractivity contribution is -0.124. The zero-order chi connectivity index (χ0) is 20.6. The van der Waals surface area contributed by atoms with Gasteiger partial charge in [0.15, 0.2) is 5.78 Å². The minimum absolute atomic E-state index is 0. The quantitative estimate of drug-likeness (QED) is 0.704. The molecule has 2 aromatic carbocycles. The molecule has 0 saturated carbocycles. The van der Waals surface area contributed by atoms with E-state index in [0.29, 0.717) is 29.7 Å². The fourth-order valence-electron chi connectivity index (χ4n) is 4.87. The maximum absolute atomic E-state index is 13.4. The zero-order valence-corrected chi connectivity index (χ0v) is 19.3. The number of aliphatic hydroxyl groups excluding tert-OH is 1. The standard InChI is InChI=1S/C23H26Cl2N2O2.ClH/c1-16(28)23(15-26-11-4-6-19(29)14-26)20-7-3-2-5-17(20)10-12-27(23)18-8-9-21(24)22(25)13-18;/h2-3,5,7-9,13,19,29H,4,6,10-12,14-15H2,1H3;1H/t19-,23-;/m0./s1. The van der Waals surface area contributed by atoms with Gasteiger partial charge in [0.2, 0.25) is 0 Å². The van der Waals surface area contributed by atoms with E-state index >= 15 is 0 Å². The fourth-order valence-corrected chi connectivity index (χ4v) is 5.16. The predicted octanol–water partition coefficient (Wildman–Crippen LogP) is 4.72. The number of rotatable bonds is 4. The molecule has 0 spiro atoms. The lowest BCUT2D eigenvalue weighted by atomic mass is 9.76. The molecule has 1 fully saturated rings. The summed E-state index contributed by atoms with van der Waals surface area (Å²) < 4.78 is 0. The van der Waals surface area contributed by atoms with Crippen molar-refractivity contribution in [2.45, 2.75) is 37.8 Å². The van der Waals surface area contributed by atoms with E-state index in [1.165, 1.54) is 5.56 Å². The van der Waals surface area contributed by atoms with Crippen molar-refractivity contribution in [3.05, 3.63) is 63.6 Å². The van der Waals surface area contributed by atoms with Gasteiger partial charge in [-0.05, 0) is 62.1 Å². The minimum atomic E-state index is -0.830. The van der Waals surface area contributed by atoms with E-state index in [2.05, 4.69) is 21.9 Å². The molecular formula is C23H27Cl3N2O2. The molecule has 0 bridgehead atoms. The molecule has 0 unspecified atom stereocenters. The third-order valence-corrected chi connectivity index (χ3v) is 7.00. The Morgan fingerprint density at radius 1 is 1.17 bits per heavy atom. The normalized spacial score (nSPS) is 24.1. The lowest BCUT2D eigenvalue weighted by Crippen LogP contribution is -2.62. The van der Waals surface area contributed by atoms with Crippen LogP contribution in [0.1, 0.15) is 30.9 Å². The Morgan fingerprint density at radius 2 is 1.93 bits per heavy atom. The molecule has 0 aliphatic carbocycles. The van der Waals surface area contributed by atoms with Gasteiger partial charge in [-0.15, -0.1) is 12.4 Å². The van der Waals surface area contributed by atoms with Gasteiger partial charge in [0, 0.05) is 25.3 Å². The molecule has 2 heterocycles. The van der Waals surface area contributed by atoms with Gasteiger partial charge in [-0.2, -0.15) is 0 Å². The second-order valence-corrected chi connectivity index (χ2v) is 8.92. The number of Topliss-reactive ketones (excluding diaryl/α,β-unsaturated/α-hetero) is 1. The van der Waals surface area contributed by atoms with E-state index in [1.54, 1.807) is 13.0 Å². The van der Waals surface area contributed by atoms with E-state index < -0.39 is 5.54 Å². The summed E-state index contributed by atoms with van der Waals surface area (Å²) >= 11 is 12.5. The molecule has 0 amide bonds. The van der Waals surface area contributed by atoms with Gasteiger partial charge in [0.05, 0.1) is 16.1 Å². The van der Waals surface area contributed by atoms with E-state index in [4.69, 9.17) is 23.2 Å². The SMILES string of the molecule is CC(=O)[C@@]1(CN2CCC[C@H](O)C2)c2ccccc2CCN1c1ccc(Cl)c(Cl)c1.Cl. The van der Waals surface area contributed by atoms with Crippen LogP contribution in [0.5, 0.6) is 0 Å². The molecule has 2 aliphatic rings. The molecule has 162 valence electrons. The maximum Gasteiger partial charge on any atom is 0.161 e. The number of nitrogens with zero attached hydrogens (tertiary/aromatic N) is 2. The van der Waals surface area contributed by atoms with Gasteiger partial charge < -0.3 is 10.0 Å². The second kappa shape index (κ2) is 9.46. The number of benzene rings is 2. The number of hydrogen-bond acceptors (Lipinski definition) is 4. The Kier molecular flexibility index (Phi) is 7.36. The van der Waals surface area contributed by atoms with Crippen LogP contribution in [0.2, 0.25) is 10.0 Å². The molecule has 4 rings (SSSR count). The first kappa shape index (κ1) is 23.4. The van der Waals surface area contributed by atoms with Gasteiger partial charge in [0.25, 0.3) is 0 Å². The molecule has 2 atom stereocenters. The minimum Gasteiger partial charge on any atom is -0.392 e. The Hall–Kier alpha value is -1.30. The molecule has 1 saturated heterocycles. The summed E-state index contributed by atoms with van der Waals surface area (Å²) in [6.45, 7) is 4.39. The highest BCUT2D eigenvalue weighted by atomic mass is 35.5. The van der Waals surface area contributed by atoms with E-state index in [9.17, 15) is 9.90 Å². The van der Waals surface area contributed by atoms with Gasteiger partial charge >= 0.3 is 0 Å². The molecule has 1 N–H and O–H groups in total. The first-order valence-electron chi connectivity index (χ1n) is 10.1. The average molecular weight is 470 g/mol. The number of β-amino-alcohol motifs (C(OH)–C–C–N with tert-alkyl or cyclic N) is 1. The molecule has 0 radical (unpaired) electrons. The number of piperidine rings is 1. The molecule has 30 heavy (non-hydrogen) atoms. The summed E-state index contributed by atoms with van der Waals surface area (Å²) in [4.78, 5) is 17.8. The summed E-state index contributed by atoms with van der Waals surface area (Å²) in [6, 6.07) is 13.8. The van der Waals surface area contributed by atoms with Crippen LogP contribution in [0.25, 0.3) is 0 Å². The summed E-state index contributed by atoms with van der Waals surface area (Å²) in [5.74, 6) is 0.0933. The monoisotopic (exact) mass is 468 g/mol. The largest absolute Gasteiger partial charge is 0.392 e. The average Bonchev–Trinajstić information content (AvgIpc) is 2.70. The van der Waals surface area contributed by atoms with Crippen LogP contribution in [-0.2, 0) is 16.8 Å². The van der Waals surface area contributed by atoms with Crippen molar-refractivity contribution in [1.29, 1.82) is 0 Å². The Bertz CT molecular complexity index is 923. The number of ketones is 1. The molecule has 4 nitrogen and oxygen atoms in total. The van der Waals surface area contributed by atoms with Crippen molar-refractivity contribution in [3.8, 4) is 0 Å². The summed E-state index contributed by atoms with van der Waals surface area (Å²) in [7, 11) is 0. The van der Waals surface area contributed by atoms with Crippen LogP contribution in [0.4, 0.5) is 5.69 Å². The van der Waals surface area contributed by atoms with Crippen molar-refractivity contribution in [3.63, 3.8) is 0 Å². The number of fused-ring (bicyclic) bond motifs is 1. The van der Waals surface area contributed by atoms with Crippen LogP contribution in [0, 0.1) is 0 Å². The highest BCUT2D eigenvalue weighted by Gasteiger charge is 2.48. The highest BCUT2D eigenvalue weighted by molar-refractivity contribution is 6.42. The Balaban J connectivity index is 0.00000256. The number of likely N-dealkylation sites (tertiary alicyclic amines) is 1. The highest BCUT2D eigenvalue weighted by Crippen LogP contribution is 2.42. The van der Waals surface area contributed by atoms with Gasteiger partial charge in [-0.25, -0.2) is 0 Å². The maximum atomic E-state index is 13.4. The number of hydrogen-bond donors (Lipinski definition) is 1. The number of carbonyl (C=O) groups is 1. The van der Waals surface area contributed by atoms with Crippen LogP contribution < -0.4 is 4.90 Å². The third kappa shape index (κ3) is 4.21. The zero-order valence-electron chi connectivity index (χ0n) is 17.0. The van der Waals surface area contributed by atoms with Crippen molar-refractivity contribution < 1.29 is 9.90 Å². The van der Waals surface area contributed by atoms with Crippen LogP contribution in [-0.4, -0.2) is 48.1 Å². The van der Waals surface area contributed by atoms with Crippen molar-refractivity contribution in [1.82, 2.24) is 4.90 Å².